The first-order valence-electron chi connectivity index (χ1n) is 20.1. The maximum absolute atomic E-state index is 5.21. The standard InChI is InChI=1S/2C8H17N.C7H15N.C6H13NO.C6H13N.C5H11N.CH4/c2*1-8-6-4-3-5-7-9(8)2;1-7-5-3-4-6-8(7)2;1-6-5-8-4-3-7(6)2;1-6-4-3-5-7(6)2;1-5-3-4-6(5)2;/h2*8H,3-7H2,1-2H3;7H,3-6H2,1-2H3;6H,3-5H2,1-2H3;6H,3-5H2,1-2H3;5H,3-4H2,1-2H3;1H4/t2*8-;7-;2*6-;5-;/m111111./s1. The van der Waals surface area contributed by atoms with Crippen LogP contribution in [0.3, 0.4) is 0 Å². The van der Waals surface area contributed by atoms with Crippen molar-refractivity contribution in [3.8, 4) is 0 Å². The van der Waals surface area contributed by atoms with Crippen LogP contribution in [0.2, 0.25) is 0 Å². The molecule has 0 N–H and O–H groups in total. The Balaban J connectivity index is 0.000000552. The molecule has 0 unspecified atom stereocenters. The lowest BCUT2D eigenvalue weighted by Crippen LogP contribution is -2.41. The molecule has 7 nitrogen and oxygen atoms in total. The smallest absolute Gasteiger partial charge is 0.0619 e. The van der Waals surface area contributed by atoms with Gasteiger partial charge in [-0.15, -0.1) is 0 Å². The van der Waals surface area contributed by atoms with Gasteiger partial charge in [-0.25, -0.2) is 0 Å². The van der Waals surface area contributed by atoms with E-state index in [9.17, 15) is 0 Å². The maximum atomic E-state index is 5.21. The summed E-state index contributed by atoms with van der Waals surface area (Å²) in [5.74, 6) is 0. The van der Waals surface area contributed by atoms with Crippen LogP contribution in [0.15, 0.2) is 0 Å². The Morgan fingerprint density at radius 1 is 0.333 bits per heavy atom. The third-order valence-corrected chi connectivity index (χ3v) is 12.1. The fraction of sp³-hybridized carbons (Fsp3) is 1.00. The van der Waals surface area contributed by atoms with E-state index < -0.39 is 0 Å². The first-order chi connectivity index (χ1) is 22.3. The highest BCUT2D eigenvalue weighted by atomic mass is 16.5. The van der Waals surface area contributed by atoms with E-state index in [0.29, 0.717) is 6.04 Å². The molecule has 0 bridgehead atoms. The van der Waals surface area contributed by atoms with Gasteiger partial charge in [-0.2, -0.15) is 0 Å². The highest BCUT2D eigenvalue weighted by Gasteiger charge is 2.18. The third kappa shape index (κ3) is 21.8. The Labute approximate surface area is 303 Å². The normalized spacial score (nSPS) is 32.5. The number of rotatable bonds is 0. The van der Waals surface area contributed by atoms with Crippen LogP contribution in [0.1, 0.15) is 139 Å². The van der Waals surface area contributed by atoms with Gasteiger partial charge in [0, 0.05) is 42.8 Å². The number of ether oxygens (including phenoxy) is 1. The van der Waals surface area contributed by atoms with E-state index >= 15 is 0 Å². The lowest BCUT2D eigenvalue weighted by molar-refractivity contribution is 0.0131. The van der Waals surface area contributed by atoms with E-state index in [-0.39, 0.29) is 7.43 Å². The molecule has 290 valence electrons. The first kappa shape index (κ1) is 47.7. The molecular formula is C41H90N6O. The molecule has 6 aliphatic rings. The van der Waals surface area contributed by atoms with Gasteiger partial charge >= 0.3 is 0 Å². The monoisotopic (exact) mass is 683 g/mol. The second kappa shape index (κ2) is 28.3. The van der Waals surface area contributed by atoms with Crippen molar-refractivity contribution in [2.24, 2.45) is 0 Å². The maximum Gasteiger partial charge on any atom is 0.0619 e. The summed E-state index contributed by atoms with van der Waals surface area (Å²) in [4.78, 5) is 14.4. The summed E-state index contributed by atoms with van der Waals surface area (Å²) in [6, 6.07) is 4.82. The molecule has 0 aromatic heterocycles. The van der Waals surface area contributed by atoms with E-state index in [0.717, 1.165) is 50.0 Å². The first-order valence-corrected chi connectivity index (χ1v) is 20.1. The third-order valence-electron chi connectivity index (χ3n) is 12.1. The Bertz CT molecular complexity index is 629. The molecule has 0 saturated carbocycles. The van der Waals surface area contributed by atoms with Crippen molar-refractivity contribution in [1.29, 1.82) is 0 Å². The average Bonchev–Trinajstić information content (AvgIpc) is 3.20. The summed E-state index contributed by atoms with van der Waals surface area (Å²) < 4.78 is 5.21. The van der Waals surface area contributed by atoms with Crippen molar-refractivity contribution < 1.29 is 4.74 Å². The lowest BCUT2D eigenvalue weighted by Gasteiger charge is -2.34. The molecule has 0 aromatic carbocycles. The van der Waals surface area contributed by atoms with Crippen molar-refractivity contribution in [2.75, 3.05) is 94.8 Å². The Hall–Kier alpha value is -0.280. The van der Waals surface area contributed by atoms with Gasteiger partial charge < -0.3 is 29.2 Å². The molecule has 6 atom stereocenters. The zero-order chi connectivity index (χ0) is 35.2. The minimum absolute atomic E-state index is 0. The van der Waals surface area contributed by atoms with Crippen molar-refractivity contribution in [3.05, 3.63) is 0 Å². The molecule has 48 heavy (non-hydrogen) atoms. The largest absolute Gasteiger partial charge is 0.379 e. The number of likely N-dealkylation sites (tertiary alicyclic amines) is 5. The number of hydrogen-bond acceptors (Lipinski definition) is 7. The molecule has 6 saturated heterocycles. The molecule has 6 rings (SSSR count). The van der Waals surface area contributed by atoms with Gasteiger partial charge in [-0.3, -0.25) is 4.90 Å². The number of likely N-dealkylation sites (N-methyl/N-ethyl adjacent to an activating group) is 1. The predicted molar refractivity (Wildman–Crippen MR) is 215 cm³/mol. The van der Waals surface area contributed by atoms with Crippen LogP contribution >= 0.6 is 0 Å². The topological polar surface area (TPSA) is 28.7 Å². The summed E-state index contributed by atoms with van der Waals surface area (Å²) in [5.41, 5.74) is 0. The molecular weight excluding hydrogens is 592 g/mol. The quantitative estimate of drug-likeness (QED) is 0.256. The summed E-state index contributed by atoms with van der Waals surface area (Å²) in [5, 5.41) is 0. The Morgan fingerprint density at radius 2 is 0.646 bits per heavy atom. The van der Waals surface area contributed by atoms with Crippen LogP contribution in [0.5, 0.6) is 0 Å². The molecule has 6 aliphatic heterocycles. The van der Waals surface area contributed by atoms with Crippen LogP contribution < -0.4 is 0 Å². The number of nitrogens with zero attached hydrogens (tertiary/aromatic N) is 6. The average molecular weight is 683 g/mol. The van der Waals surface area contributed by atoms with Crippen LogP contribution in [0.4, 0.5) is 0 Å². The van der Waals surface area contributed by atoms with Gasteiger partial charge in [0.25, 0.3) is 0 Å². The predicted octanol–water partition coefficient (Wildman–Crippen LogP) is 8.04. The fourth-order valence-electron chi connectivity index (χ4n) is 6.61. The fourth-order valence-corrected chi connectivity index (χ4v) is 6.61. The second-order valence-corrected chi connectivity index (χ2v) is 16.2. The molecule has 0 aliphatic carbocycles. The zero-order valence-electron chi connectivity index (χ0n) is 34.1. The molecule has 0 radical (unpaired) electrons. The summed E-state index contributed by atoms with van der Waals surface area (Å²) >= 11 is 0. The molecule has 0 aromatic rings. The van der Waals surface area contributed by atoms with Gasteiger partial charge in [-0.1, -0.05) is 39.5 Å². The lowest BCUT2D eigenvalue weighted by atomic mass is 10.1. The van der Waals surface area contributed by atoms with E-state index in [1.807, 2.05) is 0 Å². The summed E-state index contributed by atoms with van der Waals surface area (Å²) in [6.45, 7) is 23.1. The van der Waals surface area contributed by atoms with Gasteiger partial charge in [-0.05, 0) is 174 Å². The Kier molecular flexibility index (Phi) is 28.2. The molecule has 6 fully saturated rings. The Morgan fingerprint density at radius 3 is 0.896 bits per heavy atom. The van der Waals surface area contributed by atoms with Crippen LogP contribution in [-0.4, -0.2) is 160 Å². The van der Waals surface area contributed by atoms with E-state index in [2.05, 4.69) is 113 Å². The van der Waals surface area contributed by atoms with Gasteiger partial charge in [0.2, 0.25) is 0 Å². The highest BCUT2D eigenvalue weighted by Crippen LogP contribution is 2.16. The van der Waals surface area contributed by atoms with E-state index in [4.69, 9.17) is 4.74 Å². The van der Waals surface area contributed by atoms with Crippen molar-refractivity contribution in [3.63, 3.8) is 0 Å². The second-order valence-electron chi connectivity index (χ2n) is 16.2. The van der Waals surface area contributed by atoms with Crippen LogP contribution in [-0.2, 0) is 4.74 Å². The van der Waals surface area contributed by atoms with Gasteiger partial charge in [0.05, 0.1) is 13.2 Å². The zero-order valence-corrected chi connectivity index (χ0v) is 34.1. The van der Waals surface area contributed by atoms with Crippen molar-refractivity contribution in [1.82, 2.24) is 29.4 Å². The summed E-state index contributed by atoms with van der Waals surface area (Å²) in [7, 11) is 13.2. The van der Waals surface area contributed by atoms with Crippen LogP contribution in [0, 0.1) is 0 Å². The highest BCUT2D eigenvalue weighted by molar-refractivity contribution is 4.74. The molecule has 7 heteroatoms. The molecule has 0 spiro atoms. The van der Waals surface area contributed by atoms with Crippen molar-refractivity contribution >= 4 is 0 Å². The van der Waals surface area contributed by atoms with Gasteiger partial charge in [0.1, 0.15) is 0 Å². The number of hydrogen-bond donors (Lipinski definition) is 0. The summed E-state index contributed by atoms with van der Waals surface area (Å²) in [6.07, 6.45) is 19.8. The number of piperidine rings is 1. The molecule has 0 amide bonds. The van der Waals surface area contributed by atoms with Crippen LogP contribution in [0.25, 0.3) is 0 Å². The number of morpholine rings is 1. The minimum atomic E-state index is 0. The van der Waals surface area contributed by atoms with Crippen molar-refractivity contribution in [2.45, 2.75) is 175 Å². The molecule has 6 heterocycles. The van der Waals surface area contributed by atoms with E-state index in [1.165, 1.54) is 123 Å². The van der Waals surface area contributed by atoms with Gasteiger partial charge in [0.15, 0.2) is 0 Å². The SMILES string of the molecule is C.C[C@@H]1CCCCCN1C.C[C@@H]1CCCCCN1C.C[C@@H]1CCCCN1C.C[C@@H]1CCCN1C.C[C@@H]1CCN1C.C[C@@H]1COCCN1C. The minimum Gasteiger partial charge on any atom is -0.379 e. The van der Waals surface area contributed by atoms with E-state index in [1.54, 1.807) is 0 Å².